The van der Waals surface area contributed by atoms with Gasteiger partial charge in [0.2, 0.25) is 10.0 Å². The van der Waals surface area contributed by atoms with Gasteiger partial charge in [-0.25, -0.2) is 12.7 Å². The Hall–Kier alpha value is -1.35. The molecule has 7 nitrogen and oxygen atoms in total. The lowest BCUT2D eigenvalue weighted by molar-refractivity contribution is 0.0766. The summed E-state index contributed by atoms with van der Waals surface area (Å²) in [6, 6.07) is 4.53. The van der Waals surface area contributed by atoms with Crippen molar-refractivity contribution in [3.63, 3.8) is 0 Å². The minimum atomic E-state index is -3.69. The number of benzene rings is 1. The number of rotatable bonds is 4. The second kappa shape index (κ2) is 8.66. The van der Waals surface area contributed by atoms with Gasteiger partial charge in [-0.05, 0) is 31.2 Å². The van der Waals surface area contributed by atoms with Gasteiger partial charge in [-0.2, -0.15) is 0 Å². The fraction of sp³-hybridized carbons (Fsp3) is 0.533. The number of nitrogens with zero attached hydrogens (tertiary/aromatic N) is 2. The lowest BCUT2D eigenvalue weighted by atomic mass is 10.2. The van der Waals surface area contributed by atoms with E-state index < -0.39 is 10.0 Å². The van der Waals surface area contributed by atoms with Crippen LogP contribution in [0, 0.1) is 0 Å². The molecule has 1 aliphatic heterocycles. The fourth-order valence-electron chi connectivity index (χ4n) is 2.44. The van der Waals surface area contributed by atoms with Crippen LogP contribution in [0.5, 0.6) is 5.75 Å². The second-order valence-corrected chi connectivity index (χ2v) is 7.67. The first kappa shape index (κ1) is 20.7. The number of hydrogen-bond donors (Lipinski definition) is 1. The standard InChI is InChI=1S/C15H23N3O4S.ClH/c1-17(2)23(20,21)14-11-12(5-6-13(14)22-3)15(19)18-9-4-7-16-8-10-18;/h5-6,11,16H,4,7-10H2,1-3H3;1H. The quantitative estimate of drug-likeness (QED) is 0.839. The average molecular weight is 378 g/mol. The van der Waals surface area contributed by atoms with Crippen molar-refractivity contribution < 1.29 is 17.9 Å². The van der Waals surface area contributed by atoms with Crippen molar-refractivity contribution in [1.82, 2.24) is 14.5 Å². The predicted molar refractivity (Wildman–Crippen MR) is 94.5 cm³/mol. The summed E-state index contributed by atoms with van der Waals surface area (Å²) in [7, 11) is 0.617. The number of carbonyl (C=O) groups is 1. The number of amides is 1. The van der Waals surface area contributed by atoms with Crippen molar-refractivity contribution in [3.8, 4) is 5.75 Å². The molecule has 1 fully saturated rings. The van der Waals surface area contributed by atoms with Crippen molar-refractivity contribution in [1.29, 1.82) is 0 Å². The van der Waals surface area contributed by atoms with E-state index in [1.54, 1.807) is 11.0 Å². The number of carbonyl (C=O) groups excluding carboxylic acids is 1. The Morgan fingerprint density at radius 1 is 1.25 bits per heavy atom. The van der Waals surface area contributed by atoms with Gasteiger partial charge in [-0.3, -0.25) is 4.79 Å². The van der Waals surface area contributed by atoms with Crippen LogP contribution in [0.1, 0.15) is 16.8 Å². The van der Waals surface area contributed by atoms with Crippen LogP contribution >= 0.6 is 12.4 Å². The van der Waals surface area contributed by atoms with Crippen molar-refractivity contribution in [3.05, 3.63) is 23.8 Å². The molecule has 1 aromatic carbocycles. The maximum absolute atomic E-state index is 12.7. The van der Waals surface area contributed by atoms with Crippen LogP contribution in [0.2, 0.25) is 0 Å². The van der Waals surface area contributed by atoms with Crippen molar-refractivity contribution in [2.45, 2.75) is 11.3 Å². The van der Waals surface area contributed by atoms with Crippen molar-refractivity contribution >= 4 is 28.3 Å². The topological polar surface area (TPSA) is 79.0 Å². The number of ether oxygens (including phenoxy) is 1. The van der Waals surface area contributed by atoms with E-state index >= 15 is 0 Å². The smallest absolute Gasteiger partial charge is 0.253 e. The number of halogens is 1. The zero-order chi connectivity index (χ0) is 17.0. The molecule has 1 aromatic rings. The Kier molecular flexibility index (Phi) is 7.47. The highest BCUT2D eigenvalue weighted by atomic mass is 35.5. The first-order chi connectivity index (χ1) is 10.9. The summed E-state index contributed by atoms with van der Waals surface area (Å²) in [6.07, 6.45) is 0.880. The van der Waals surface area contributed by atoms with Crippen molar-refractivity contribution in [2.75, 3.05) is 47.4 Å². The summed E-state index contributed by atoms with van der Waals surface area (Å²) in [6.45, 7) is 2.89. The third-order valence-corrected chi connectivity index (χ3v) is 5.63. The highest BCUT2D eigenvalue weighted by Crippen LogP contribution is 2.27. The van der Waals surface area contributed by atoms with E-state index in [-0.39, 0.29) is 29.0 Å². The van der Waals surface area contributed by atoms with Gasteiger partial charge < -0.3 is 15.0 Å². The molecule has 0 spiro atoms. The highest BCUT2D eigenvalue weighted by Gasteiger charge is 2.25. The van der Waals surface area contributed by atoms with E-state index in [2.05, 4.69) is 5.32 Å². The molecule has 136 valence electrons. The summed E-state index contributed by atoms with van der Waals surface area (Å²) >= 11 is 0. The van der Waals surface area contributed by atoms with Crippen molar-refractivity contribution in [2.24, 2.45) is 0 Å². The minimum Gasteiger partial charge on any atom is -0.495 e. The molecule has 1 heterocycles. The normalized spacial score (nSPS) is 15.6. The van der Waals surface area contributed by atoms with Gasteiger partial charge in [-0.15, -0.1) is 12.4 Å². The molecule has 1 aliphatic rings. The zero-order valence-corrected chi connectivity index (χ0v) is 15.7. The van der Waals surface area contributed by atoms with E-state index in [1.807, 2.05) is 0 Å². The summed E-state index contributed by atoms with van der Waals surface area (Å²) in [5.74, 6) is 0.0688. The van der Waals surface area contributed by atoms with Crippen LogP contribution in [-0.4, -0.2) is 70.9 Å². The van der Waals surface area contributed by atoms with Crippen LogP contribution < -0.4 is 10.1 Å². The van der Waals surface area contributed by atoms with Crippen LogP contribution in [-0.2, 0) is 10.0 Å². The molecule has 24 heavy (non-hydrogen) atoms. The van der Waals surface area contributed by atoms with E-state index in [9.17, 15) is 13.2 Å². The first-order valence-electron chi connectivity index (χ1n) is 7.48. The van der Waals surface area contributed by atoms with Gasteiger partial charge in [0.15, 0.2) is 0 Å². The first-order valence-corrected chi connectivity index (χ1v) is 8.92. The average Bonchev–Trinajstić information content (AvgIpc) is 2.82. The Balaban J connectivity index is 0.00000288. The maximum Gasteiger partial charge on any atom is 0.253 e. The van der Waals surface area contributed by atoms with Gasteiger partial charge >= 0.3 is 0 Å². The minimum absolute atomic E-state index is 0. The molecular weight excluding hydrogens is 354 g/mol. The van der Waals surface area contributed by atoms with Crippen LogP contribution in [0.4, 0.5) is 0 Å². The Bertz CT molecular complexity index is 671. The summed E-state index contributed by atoms with van der Waals surface area (Å²) in [5, 5.41) is 3.24. The SMILES string of the molecule is COc1ccc(C(=O)N2CCCNCC2)cc1S(=O)(=O)N(C)C.Cl. The Morgan fingerprint density at radius 3 is 2.58 bits per heavy atom. The molecule has 2 rings (SSSR count). The number of hydrogen-bond acceptors (Lipinski definition) is 5. The number of sulfonamides is 1. The van der Waals surface area contributed by atoms with Gasteiger partial charge in [0.25, 0.3) is 5.91 Å². The maximum atomic E-state index is 12.7. The molecule has 0 atom stereocenters. The molecule has 1 amide bonds. The Labute approximate surface area is 149 Å². The molecule has 0 aromatic heterocycles. The molecule has 0 unspecified atom stereocenters. The van der Waals surface area contributed by atoms with E-state index in [1.165, 1.54) is 33.3 Å². The van der Waals surface area contributed by atoms with Gasteiger partial charge in [-0.1, -0.05) is 0 Å². The monoisotopic (exact) mass is 377 g/mol. The third kappa shape index (κ3) is 4.38. The highest BCUT2D eigenvalue weighted by molar-refractivity contribution is 7.89. The predicted octanol–water partition coefficient (Wildman–Crippen LogP) is 0.803. The molecule has 1 N–H and O–H groups in total. The summed E-state index contributed by atoms with van der Waals surface area (Å²) in [5.41, 5.74) is 0.355. The molecule has 0 aliphatic carbocycles. The van der Waals surface area contributed by atoms with E-state index in [0.29, 0.717) is 18.7 Å². The fourth-order valence-corrected chi connectivity index (χ4v) is 3.51. The summed E-state index contributed by atoms with van der Waals surface area (Å²) in [4.78, 5) is 14.4. The van der Waals surface area contributed by atoms with Gasteiger partial charge in [0, 0.05) is 39.3 Å². The molecule has 0 radical (unpaired) electrons. The number of methoxy groups -OCH3 is 1. The van der Waals surface area contributed by atoms with Crippen LogP contribution in [0.3, 0.4) is 0 Å². The molecule has 0 saturated carbocycles. The lowest BCUT2D eigenvalue weighted by Crippen LogP contribution is -2.34. The molecule has 1 saturated heterocycles. The number of nitrogens with one attached hydrogen (secondary N) is 1. The summed E-state index contributed by atoms with van der Waals surface area (Å²) < 4.78 is 31.1. The van der Waals surface area contributed by atoms with Crippen LogP contribution in [0.15, 0.2) is 23.1 Å². The van der Waals surface area contributed by atoms with Crippen LogP contribution in [0.25, 0.3) is 0 Å². The molecule has 0 bridgehead atoms. The van der Waals surface area contributed by atoms with E-state index in [4.69, 9.17) is 4.74 Å². The lowest BCUT2D eigenvalue weighted by Gasteiger charge is -2.21. The third-order valence-electron chi connectivity index (χ3n) is 3.80. The van der Waals surface area contributed by atoms with E-state index in [0.717, 1.165) is 23.8 Å². The second-order valence-electron chi connectivity index (χ2n) is 5.55. The Morgan fingerprint density at radius 2 is 1.96 bits per heavy atom. The largest absolute Gasteiger partial charge is 0.495 e. The van der Waals surface area contributed by atoms with Gasteiger partial charge in [0.05, 0.1) is 7.11 Å². The molecule has 9 heteroatoms. The van der Waals surface area contributed by atoms with Gasteiger partial charge in [0.1, 0.15) is 10.6 Å². The zero-order valence-electron chi connectivity index (χ0n) is 14.1. The molecular formula is C15H24ClN3O4S.